The van der Waals surface area contributed by atoms with Crippen molar-refractivity contribution in [3.63, 3.8) is 0 Å². The van der Waals surface area contributed by atoms with Crippen LogP contribution in [0.1, 0.15) is 31.3 Å². The van der Waals surface area contributed by atoms with Crippen LogP contribution in [0.15, 0.2) is 42.5 Å². The van der Waals surface area contributed by atoms with E-state index in [1.54, 1.807) is 0 Å². The molecule has 1 amide bonds. The summed E-state index contributed by atoms with van der Waals surface area (Å²) in [7, 11) is 0. The summed E-state index contributed by atoms with van der Waals surface area (Å²) in [5.41, 5.74) is 2.79. The summed E-state index contributed by atoms with van der Waals surface area (Å²) >= 11 is 0. The van der Waals surface area contributed by atoms with Crippen molar-refractivity contribution in [3.05, 3.63) is 53.9 Å². The number of hydrogen-bond acceptors (Lipinski definition) is 4. The number of fused-ring (bicyclic) bond motifs is 2. The van der Waals surface area contributed by atoms with Crippen molar-refractivity contribution < 1.29 is 14.3 Å². The van der Waals surface area contributed by atoms with Gasteiger partial charge in [-0.15, -0.1) is 0 Å². The van der Waals surface area contributed by atoms with Gasteiger partial charge in [-0.3, -0.25) is 4.79 Å². The van der Waals surface area contributed by atoms with Gasteiger partial charge in [0.2, 0.25) is 5.91 Å². The summed E-state index contributed by atoms with van der Waals surface area (Å²) in [5, 5.41) is 3.07. The lowest BCUT2D eigenvalue weighted by atomic mass is 10.1. The highest BCUT2D eigenvalue weighted by Gasteiger charge is 2.19. The van der Waals surface area contributed by atoms with Crippen LogP contribution in [0, 0.1) is 0 Å². The van der Waals surface area contributed by atoms with Crippen LogP contribution in [0.5, 0.6) is 11.5 Å². The van der Waals surface area contributed by atoms with E-state index in [0.717, 1.165) is 28.8 Å². The van der Waals surface area contributed by atoms with Gasteiger partial charge in [0.15, 0.2) is 11.5 Å². The first kappa shape index (κ1) is 17.4. The summed E-state index contributed by atoms with van der Waals surface area (Å²) in [5.74, 6) is 2.24. The minimum atomic E-state index is -0.0527. The zero-order valence-electron chi connectivity index (χ0n) is 15.6. The van der Waals surface area contributed by atoms with E-state index in [0.29, 0.717) is 24.7 Å². The smallest absolute Gasteiger partial charge is 0.240 e. The normalized spacial score (nSPS) is 14.1. The standard InChI is InChI=1S/C21H23N3O3/c1-3-20-23-16-11-18-19(27-10-9-26-18)12-17(16)24(20)13-21(25)22-14(2)15-7-5-4-6-8-15/h4-8,11-12,14H,3,9-10,13H2,1-2H3,(H,22,25)/t14-/m1/s1. The van der Waals surface area contributed by atoms with Gasteiger partial charge in [0.25, 0.3) is 0 Å². The fourth-order valence-electron chi connectivity index (χ4n) is 3.41. The SMILES string of the molecule is CCc1nc2cc3c(cc2n1CC(=O)N[C@H](C)c1ccccc1)OCCO3. The zero-order chi connectivity index (χ0) is 18.8. The maximum atomic E-state index is 12.7. The predicted octanol–water partition coefficient (Wildman–Crippen LogP) is 3.25. The summed E-state index contributed by atoms with van der Waals surface area (Å²) in [6, 6.07) is 13.7. The molecule has 1 aliphatic rings. The van der Waals surface area contributed by atoms with Crippen LogP contribution >= 0.6 is 0 Å². The van der Waals surface area contributed by atoms with Gasteiger partial charge in [0.1, 0.15) is 25.6 Å². The lowest BCUT2D eigenvalue weighted by Gasteiger charge is -2.18. The molecule has 140 valence electrons. The molecule has 0 unspecified atom stereocenters. The quantitative estimate of drug-likeness (QED) is 0.754. The van der Waals surface area contributed by atoms with Crippen LogP contribution in [0.4, 0.5) is 0 Å². The molecule has 1 N–H and O–H groups in total. The molecule has 1 aliphatic heterocycles. The minimum absolute atomic E-state index is 0.0461. The van der Waals surface area contributed by atoms with Crippen LogP contribution < -0.4 is 14.8 Å². The Hall–Kier alpha value is -3.02. The van der Waals surface area contributed by atoms with E-state index in [1.165, 1.54) is 0 Å². The molecular weight excluding hydrogens is 342 g/mol. The lowest BCUT2D eigenvalue weighted by Crippen LogP contribution is -2.30. The second-order valence-electron chi connectivity index (χ2n) is 6.65. The second kappa shape index (κ2) is 7.31. The van der Waals surface area contributed by atoms with Gasteiger partial charge in [-0.05, 0) is 12.5 Å². The number of imidazole rings is 1. The fourth-order valence-corrected chi connectivity index (χ4v) is 3.41. The van der Waals surface area contributed by atoms with E-state index in [4.69, 9.17) is 9.47 Å². The van der Waals surface area contributed by atoms with Crippen molar-refractivity contribution in [2.45, 2.75) is 32.9 Å². The topological polar surface area (TPSA) is 65.4 Å². The van der Waals surface area contributed by atoms with Crippen LogP contribution in [0.2, 0.25) is 0 Å². The Morgan fingerprint density at radius 1 is 1.19 bits per heavy atom. The monoisotopic (exact) mass is 365 g/mol. The van der Waals surface area contributed by atoms with Gasteiger partial charge < -0.3 is 19.4 Å². The maximum Gasteiger partial charge on any atom is 0.240 e. The highest BCUT2D eigenvalue weighted by molar-refractivity contribution is 5.84. The molecular formula is C21H23N3O3. The molecule has 4 rings (SSSR count). The van der Waals surface area contributed by atoms with E-state index in [9.17, 15) is 4.79 Å². The molecule has 0 bridgehead atoms. The molecule has 0 saturated heterocycles. The van der Waals surface area contributed by atoms with Crippen LogP contribution in [0.25, 0.3) is 11.0 Å². The maximum absolute atomic E-state index is 12.7. The Balaban J connectivity index is 1.59. The Morgan fingerprint density at radius 2 is 1.89 bits per heavy atom. The van der Waals surface area contributed by atoms with Crippen molar-refractivity contribution in [1.82, 2.24) is 14.9 Å². The number of aromatic nitrogens is 2. The number of carbonyl (C=O) groups excluding carboxylic acids is 1. The summed E-state index contributed by atoms with van der Waals surface area (Å²) < 4.78 is 13.3. The number of rotatable bonds is 5. The lowest BCUT2D eigenvalue weighted by molar-refractivity contribution is -0.122. The Morgan fingerprint density at radius 3 is 2.59 bits per heavy atom. The Kier molecular flexibility index (Phi) is 4.71. The minimum Gasteiger partial charge on any atom is -0.486 e. The van der Waals surface area contributed by atoms with Crippen LogP contribution in [-0.4, -0.2) is 28.7 Å². The molecule has 6 nitrogen and oxygen atoms in total. The molecule has 2 aromatic carbocycles. The first-order chi connectivity index (χ1) is 13.2. The van der Waals surface area contributed by atoms with Gasteiger partial charge in [-0.1, -0.05) is 37.3 Å². The van der Waals surface area contributed by atoms with Gasteiger partial charge in [0.05, 0.1) is 17.1 Å². The Bertz CT molecular complexity index is 966. The number of nitrogens with zero attached hydrogens (tertiary/aromatic N) is 2. The Labute approximate surface area is 158 Å². The highest BCUT2D eigenvalue weighted by Crippen LogP contribution is 2.34. The molecule has 0 aliphatic carbocycles. The van der Waals surface area contributed by atoms with E-state index >= 15 is 0 Å². The molecule has 0 radical (unpaired) electrons. The first-order valence-corrected chi connectivity index (χ1v) is 9.28. The number of ether oxygens (including phenoxy) is 2. The van der Waals surface area contributed by atoms with Gasteiger partial charge >= 0.3 is 0 Å². The third kappa shape index (κ3) is 3.47. The molecule has 1 atom stereocenters. The highest BCUT2D eigenvalue weighted by atomic mass is 16.6. The molecule has 0 spiro atoms. The molecule has 0 saturated carbocycles. The van der Waals surface area contributed by atoms with Crippen molar-refractivity contribution in [2.24, 2.45) is 0 Å². The fraction of sp³-hybridized carbons (Fsp3) is 0.333. The van der Waals surface area contributed by atoms with E-state index < -0.39 is 0 Å². The van der Waals surface area contributed by atoms with Crippen molar-refractivity contribution in [2.75, 3.05) is 13.2 Å². The molecule has 0 fully saturated rings. The average Bonchev–Trinajstić information content (AvgIpc) is 3.03. The number of nitrogens with one attached hydrogen (secondary N) is 1. The molecule has 3 aromatic rings. The average molecular weight is 365 g/mol. The third-order valence-electron chi connectivity index (χ3n) is 4.79. The zero-order valence-corrected chi connectivity index (χ0v) is 15.6. The summed E-state index contributed by atoms with van der Waals surface area (Å²) in [6.45, 7) is 5.31. The van der Waals surface area contributed by atoms with E-state index in [2.05, 4.69) is 10.3 Å². The third-order valence-corrected chi connectivity index (χ3v) is 4.79. The first-order valence-electron chi connectivity index (χ1n) is 9.28. The second-order valence-corrected chi connectivity index (χ2v) is 6.65. The van der Waals surface area contributed by atoms with E-state index in [1.807, 2.05) is 60.9 Å². The number of hydrogen-bond donors (Lipinski definition) is 1. The van der Waals surface area contributed by atoms with E-state index in [-0.39, 0.29) is 18.5 Å². The van der Waals surface area contributed by atoms with Crippen LogP contribution in [0.3, 0.4) is 0 Å². The molecule has 1 aromatic heterocycles. The number of aryl methyl sites for hydroxylation is 1. The number of amides is 1. The van der Waals surface area contributed by atoms with Crippen molar-refractivity contribution in [1.29, 1.82) is 0 Å². The number of benzene rings is 2. The van der Waals surface area contributed by atoms with Crippen LogP contribution in [-0.2, 0) is 17.8 Å². The summed E-state index contributed by atoms with van der Waals surface area (Å²) in [4.78, 5) is 17.4. The summed E-state index contributed by atoms with van der Waals surface area (Å²) in [6.07, 6.45) is 0.739. The molecule has 6 heteroatoms. The molecule has 27 heavy (non-hydrogen) atoms. The van der Waals surface area contributed by atoms with Crippen molar-refractivity contribution >= 4 is 16.9 Å². The molecule has 2 heterocycles. The van der Waals surface area contributed by atoms with Crippen molar-refractivity contribution in [3.8, 4) is 11.5 Å². The largest absolute Gasteiger partial charge is 0.486 e. The predicted molar refractivity (Wildman–Crippen MR) is 103 cm³/mol. The van der Waals surface area contributed by atoms with Gasteiger partial charge in [-0.2, -0.15) is 0 Å². The van der Waals surface area contributed by atoms with Gasteiger partial charge in [-0.25, -0.2) is 4.98 Å². The number of carbonyl (C=O) groups is 1. The van der Waals surface area contributed by atoms with Gasteiger partial charge in [0, 0.05) is 18.6 Å².